The highest BCUT2D eigenvalue weighted by Gasteiger charge is 2.12. The van der Waals surface area contributed by atoms with Crippen molar-refractivity contribution in [2.45, 2.75) is 12.5 Å². The molecule has 0 bridgehead atoms. The summed E-state index contributed by atoms with van der Waals surface area (Å²) in [6, 6.07) is 8.18. The molecule has 0 heterocycles. The van der Waals surface area contributed by atoms with Crippen molar-refractivity contribution in [2.75, 3.05) is 36.3 Å². The summed E-state index contributed by atoms with van der Waals surface area (Å²) in [5.74, 6) is 1.16. The Bertz CT molecular complexity index is 341. The van der Waals surface area contributed by atoms with E-state index in [1.54, 1.807) is 0 Å². The van der Waals surface area contributed by atoms with Crippen LogP contribution in [0.25, 0.3) is 0 Å². The molecule has 5 heteroatoms. The molecule has 1 rings (SSSR count). The molecule has 0 saturated carbocycles. The van der Waals surface area contributed by atoms with Gasteiger partial charge in [-0.3, -0.25) is 0 Å². The average Bonchev–Trinajstić information content (AvgIpc) is 2.39. The van der Waals surface area contributed by atoms with E-state index in [1.165, 1.54) is 5.56 Å². The van der Waals surface area contributed by atoms with Crippen molar-refractivity contribution in [3.05, 3.63) is 29.8 Å². The summed E-state index contributed by atoms with van der Waals surface area (Å²) in [6.45, 7) is 2.05. The molecule has 0 aliphatic carbocycles. The van der Waals surface area contributed by atoms with E-state index in [4.69, 9.17) is 34.7 Å². The molecular weight excluding hydrogens is 269 g/mol. The summed E-state index contributed by atoms with van der Waals surface area (Å²) in [5, 5.41) is 0. The van der Waals surface area contributed by atoms with Gasteiger partial charge < -0.3 is 16.4 Å². The zero-order valence-corrected chi connectivity index (χ0v) is 12.0. The molecule has 0 radical (unpaired) electrons. The third-order valence-electron chi connectivity index (χ3n) is 2.83. The molecule has 1 atom stereocenters. The van der Waals surface area contributed by atoms with Crippen molar-refractivity contribution in [3.63, 3.8) is 0 Å². The first-order valence-electron chi connectivity index (χ1n) is 6.13. The third-order valence-corrected chi connectivity index (χ3v) is 3.16. The largest absolute Gasteiger partial charge is 0.369 e. The molecule has 0 aliphatic heterocycles. The van der Waals surface area contributed by atoms with Gasteiger partial charge in [-0.2, -0.15) is 0 Å². The highest BCUT2D eigenvalue weighted by molar-refractivity contribution is 6.18. The Morgan fingerprint density at radius 1 is 1.11 bits per heavy atom. The van der Waals surface area contributed by atoms with Gasteiger partial charge in [0.1, 0.15) is 0 Å². The highest BCUT2D eigenvalue weighted by Crippen LogP contribution is 2.21. The summed E-state index contributed by atoms with van der Waals surface area (Å²) in [5.41, 5.74) is 13.9. The van der Waals surface area contributed by atoms with Gasteiger partial charge in [-0.25, -0.2) is 0 Å². The van der Waals surface area contributed by atoms with E-state index in [0.717, 1.165) is 25.2 Å². The van der Waals surface area contributed by atoms with Gasteiger partial charge in [-0.05, 0) is 18.1 Å². The zero-order chi connectivity index (χ0) is 13.4. The van der Waals surface area contributed by atoms with E-state index in [1.807, 2.05) is 12.1 Å². The van der Waals surface area contributed by atoms with E-state index in [9.17, 15) is 0 Å². The van der Waals surface area contributed by atoms with Crippen molar-refractivity contribution in [2.24, 2.45) is 11.5 Å². The number of para-hydroxylation sites is 1. The monoisotopic (exact) mass is 289 g/mol. The number of hydrogen-bond donors (Lipinski definition) is 2. The van der Waals surface area contributed by atoms with Crippen LogP contribution in [-0.2, 0) is 6.42 Å². The summed E-state index contributed by atoms with van der Waals surface area (Å²) in [4.78, 5) is 2.19. The molecule has 0 aromatic heterocycles. The van der Waals surface area contributed by atoms with Crippen LogP contribution in [0.15, 0.2) is 24.3 Å². The van der Waals surface area contributed by atoms with E-state index in [0.29, 0.717) is 18.3 Å². The van der Waals surface area contributed by atoms with Gasteiger partial charge in [-0.15, -0.1) is 23.2 Å². The number of anilines is 1. The Balaban J connectivity index is 2.90. The number of benzene rings is 1. The van der Waals surface area contributed by atoms with Crippen LogP contribution in [-0.4, -0.2) is 37.4 Å². The molecule has 0 saturated heterocycles. The molecule has 0 spiro atoms. The van der Waals surface area contributed by atoms with Crippen LogP contribution in [0.4, 0.5) is 5.69 Å². The molecule has 1 aromatic carbocycles. The van der Waals surface area contributed by atoms with Gasteiger partial charge in [-0.1, -0.05) is 18.2 Å². The molecule has 102 valence electrons. The Hall–Kier alpha value is -0.480. The minimum atomic E-state index is -0.0139. The number of rotatable bonds is 8. The fourth-order valence-corrected chi connectivity index (χ4v) is 2.32. The van der Waals surface area contributed by atoms with Crippen molar-refractivity contribution < 1.29 is 0 Å². The molecular formula is C13H21Cl2N3. The van der Waals surface area contributed by atoms with Gasteiger partial charge in [0.05, 0.1) is 0 Å². The van der Waals surface area contributed by atoms with Crippen LogP contribution < -0.4 is 16.4 Å². The van der Waals surface area contributed by atoms with E-state index in [-0.39, 0.29) is 6.04 Å². The normalized spacial score (nSPS) is 12.4. The first-order chi connectivity index (χ1) is 8.72. The second-order valence-electron chi connectivity index (χ2n) is 4.19. The molecule has 1 aromatic rings. The second kappa shape index (κ2) is 8.59. The SMILES string of the molecule is NCC(N)Cc1ccccc1N(CCCl)CCCl. The summed E-state index contributed by atoms with van der Waals surface area (Å²) in [6.07, 6.45) is 0.772. The Kier molecular flexibility index (Phi) is 7.44. The minimum Gasteiger partial charge on any atom is -0.369 e. The number of nitrogens with two attached hydrogens (primary N) is 2. The summed E-state index contributed by atoms with van der Waals surface area (Å²) >= 11 is 11.7. The van der Waals surface area contributed by atoms with Crippen molar-refractivity contribution in [1.29, 1.82) is 0 Å². The summed E-state index contributed by atoms with van der Waals surface area (Å²) in [7, 11) is 0. The van der Waals surface area contributed by atoms with Crippen molar-refractivity contribution in [1.82, 2.24) is 0 Å². The predicted molar refractivity (Wildman–Crippen MR) is 80.8 cm³/mol. The Morgan fingerprint density at radius 3 is 2.28 bits per heavy atom. The lowest BCUT2D eigenvalue weighted by Gasteiger charge is -2.26. The van der Waals surface area contributed by atoms with Gasteiger partial charge in [0.2, 0.25) is 0 Å². The average molecular weight is 290 g/mol. The number of alkyl halides is 2. The molecule has 4 N–H and O–H groups in total. The maximum absolute atomic E-state index is 5.93. The van der Waals surface area contributed by atoms with Crippen LogP contribution in [0.5, 0.6) is 0 Å². The molecule has 0 aliphatic rings. The topological polar surface area (TPSA) is 55.3 Å². The molecule has 0 amide bonds. The lowest BCUT2D eigenvalue weighted by Crippen LogP contribution is -2.33. The van der Waals surface area contributed by atoms with Gasteiger partial charge in [0.25, 0.3) is 0 Å². The van der Waals surface area contributed by atoms with Gasteiger partial charge in [0, 0.05) is 43.1 Å². The Morgan fingerprint density at radius 2 is 1.72 bits per heavy atom. The molecule has 3 nitrogen and oxygen atoms in total. The van der Waals surface area contributed by atoms with E-state index >= 15 is 0 Å². The maximum atomic E-state index is 5.93. The van der Waals surface area contributed by atoms with Crippen LogP contribution >= 0.6 is 23.2 Å². The maximum Gasteiger partial charge on any atom is 0.0400 e. The summed E-state index contributed by atoms with van der Waals surface area (Å²) < 4.78 is 0. The lowest BCUT2D eigenvalue weighted by molar-refractivity contribution is 0.676. The van der Waals surface area contributed by atoms with Gasteiger partial charge >= 0.3 is 0 Å². The van der Waals surface area contributed by atoms with Crippen LogP contribution in [0.3, 0.4) is 0 Å². The Labute approximate surface area is 119 Å². The predicted octanol–water partition coefficient (Wildman–Crippen LogP) is 1.80. The first kappa shape index (κ1) is 15.6. The van der Waals surface area contributed by atoms with Gasteiger partial charge in [0.15, 0.2) is 0 Å². The molecule has 18 heavy (non-hydrogen) atoms. The van der Waals surface area contributed by atoms with Crippen LogP contribution in [0.1, 0.15) is 5.56 Å². The second-order valence-corrected chi connectivity index (χ2v) is 4.95. The highest BCUT2D eigenvalue weighted by atomic mass is 35.5. The van der Waals surface area contributed by atoms with Crippen LogP contribution in [0.2, 0.25) is 0 Å². The third kappa shape index (κ3) is 4.65. The quantitative estimate of drug-likeness (QED) is 0.718. The van der Waals surface area contributed by atoms with Crippen LogP contribution in [0, 0.1) is 0 Å². The fourth-order valence-electron chi connectivity index (χ4n) is 1.91. The number of halogens is 2. The van der Waals surface area contributed by atoms with Crippen molar-refractivity contribution >= 4 is 28.9 Å². The smallest absolute Gasteiger partial charge is 0.0400 e. The number of nitrogens with zero attached hydrogens (tertiary/aromatic N) is 1. The number of hydrogen-bond acceptors (Lipinski definition) is 3. The molecule has 1 unspecified atom stereocenters. The zero-order valence-electron chi connectivity index (χ0n) is 10.5. The van der Waals surface area contributed by atoms with E-state index < -0.39 is 0 Å². The minimum absolute atomic E-state index is 0.0139. The molecule has 0 fully saturated rings. The lowest BCUT2D eigenvalue weighted by atomic mass is 10.0. The standard InChI is InChI=1S/C13H21Cl2N3/c14-5-7-18(8-6-15)13-4-2-1-3-11(13)9-12(17)10-16/h1-4,12H,5-10,16-17H2. The fraction of sp³-hybridized carbons (Fsp3) is 0.538. The van der Waals surface area contributed by atoms with E-state index in [2.05, 4.69) is 17.0 Å². The first-order valence-corrected chi connectivity index (χ1v) is 7.20. The van der Waals surface area contributed by atoms with Crippen molar-refractivity contribution in [3.8, 4) is 0 Å².